The van der Waals surface area contributed by atoms with Gasteiger partial charge in [-0.2, -0.15) is 0 Å². The van der Waals surface area contributed by atoms with Crippen LogP contribution < -0.4 is 21.6 Å². The number of nitrogens with two attached hydrogens (primary N) is 1. The Morgan fingerprint density at radius 1 is 1.14 bits per heavy atom. The van der Waals surface area contributed by atoms with Gasteiger partial charge in [0.05, 0.1) is 17.8 Å². The molecule has 3 unspecified atom stereocenters. The van der Waals surface area contributed by atoms with Crippen molar-refractivity contribution < 1.29 is 23.7 Å². The van der Waals surface area contributed by atoms with Crippen LogP contribution in [0.25, 0.3) is 32.9 Å². The lowest BCUT2D eigenvalue weighted by atomic mass is 9.80. The van der Waals surface area contributed by atoms with E-state index in [1.54, 1.807) is 13.3 Å². The smallest absolute Gasteiger partial charge is 0.276 e. The fourth-order valence-electron chi connectivity index (χ4n) is 5.81. The first-order chi connectivity index (χ1) is 17.0. The van der Waals surface area contributed by atoms with E-state index in [9.17, 15) is 14.7 Å². The first-order valence-electron chi connectivity index (χ1n) is 11.5. The number of benzene rings is 2. The molecule has 9 heteroatoms. The summed E-state index contributed by atoms with van der Waals surface area (Å²) in [6.45, 7) is -0.00318. The average Bonchev–Trinajstić information content (AvgIpc) is 2.86. The Morgan fingerprint density at radius 2 is 2.00 bits per heavy atom. The molecule has 0 fully saturated rings. The van der Waals surface area contributed by atoms with E-state index in [-0.39, 0.29) is 29.4 Å². The average molecular weight is 474 g/mol. The van der Waals surface area contributed by atoms with Crippen molar-refractivity contribution in [3.63, 3.8) is 0 Å². The molecule has 35 heavy (non-hydrogen) atoms. The molecule has 4 aromatic rings. The predicted octanol–water partition coefficient (Wildman–Crippen LogP) is 2.97. The third-order valence-corrected chi connectivity index (χ3v) is 7.50. The summed E-state index contributed by atoms with van der Waals surface area (Å²) < 4.78 is 24.7. The van der Waals surface area contributed by atoms with Crippen LogP contribution in [0.3, 0.4) is 0 Å². The maximum absolute atomic E-state index is 13.7. The lowest BCUT2D eigenvalue weighted by molar-refractivity contribution is -0.0585. The molecule has 7 rings (SSSR count). The van der Waals surface area contributed by atoms with Gasteiger partial charge in [0.25, 0.3) is 5.56 Å². The second kappa shape index (κ2) is 7.17. The number of aliphatic hydroxyl groups excluding tert-OH is 1. The summed E-state index contributed by atoms with van der Waals surface area (Å²) in [5, 5.41) is 12.2. The monoisotopic (exact) mass is 474 g/mol. The molecule has 3 aliphatic rings. The van der Waals surface area contributed by atoms with Crippen LogP contribution in [0.2, 0.25) is 0 Å². The van der Waals surface area contributed by atoms with Crippen LogP contribution in [0.4, 0.5) is 0 Å². The molecule has 178 valence electrons. The molecule has 0 radical (unpaired) electrons. The maximum atomic E-state index is 13.7. The van der Waals surface area contributed by atoms with Crippen LogP contribution >= 0.6 is 0 Å². The summed E-state index contributed by atoms with van der Waals surface area (Å²) in [6.07, 6.45) is 1.40. The zero-order valence-electron chi connectivity index (χ0n) is 18.9. The summed E-state index contributed by atoms with van der Waals surface area (Å²) >= 11 is 0. The molecular weight excluding hydrogens is 452 g/mol. The number of aromatic nitrogens is 1. The van der Waals surface area contributed by atoms with Gasteiger partial charge < -0.3 is 29.6 Å². The highest BCUT2D eigenvalue weighted by Gasteiger charge is 2.38. The molecule has 9 nitrogen and oxygen atoms in total. The second-order valence-corrected chi connectivity index (χ2v) is 9.31. The molecule has 0 amide bonds. The normalized spacial score (nSPS) is 22.4. The van der Waals surface area contributed by atoms with E-state index in [0.717, 1.165) is 32.3 Å². The van der Waals surface area contributed by atoms with Crippen molar-refractivity contribution in [3.8, 4) is 16.9 Å². The van der Waals surface area contributed by atoms with Crippen molar-refractivity contribution in [2.24, 2.45) is 0 Å². The molecule has 3 N–H and O–H groups in total. The van der Waals surface area contributed by atoms with Crippen molar-refractivity contribution >= 4 is 21.7 Å². The van der Waals surface area contributed by atoms with Crippen LogP contribution in [-0.2, 0) is 15.9 Å². The first-order valence-corrected chi connectivity index (χ1v) is 11.5. The molecule has 3 heterocycles. The SMILES string of the molecule is COC1CCC(O)c2c1oc1cc3c4c(c1c2=O)OCOC4Cc1cc2ccn(N)c(=O)c2cc1-3. The number of methoxy groups -OCH3 is 1. The minimum Gasteiger partial charge on any atom is -0.466 e. The number of fused-ring (bicyclic) bond motifs is 6. The van der Waals surface area contributed by atoms with E-state index in [2.05, 4.69) is 0 Å². The Bertz CT molecular complexity index is 1690. The van der Waals surface area contributed by atoms with Gasteiger partial charge in [0.15, 0.2) is 6.79 Å². The van der Waals surface area contributed by atoms with E-state index in [0.29, 0.717) is 47.1 Å². The van der Waals surface area contributed by atoms with Crippen LogP contribution in [0, 0.1) is 0 Å². The highest BCUT2D eigenvalue weighted by molar-refractivity contribution is 5.97. The van der Waals surface area contributed by atoms with Gasteiger partial charge in [-0.3, -0.25) is 9.59 Å². The molecule has 2 aromatic carbocycles. The summed E-state index contributed by atoms with van der Waals surface area (Å²) in [7, 11) is 1.56. The van der Waals surface area contributed by atoms with E-state index >= 15 is 0 Å². The number of rotatable bonds is 1. The second-order valence-electron chi connectivity index (χ2n) is 9.31. The van der Waals surface area contributed by atoms with Crippen molar-refractivity contribution in [1.82, 2.24) is 4.68 Å². The van der Waals surface area contributed by atoms with Gasteiger partial charge in [0, 0.05) is 30.7 Å². The van der Waals surface area contributed by atoms with Crippen molar-refractivity contribution in [2.75, 3.05) is 19.7 Å². The van der Waals surface area contributed by atoms with Gasteiger partial charge in [-0.1, -0.05) is 6.07 Å². The Hall–Kier alpha value is -3.66. The van der Waals surface area contributed by atoms with Gasteiger partial charge in [-0.15, -0.1) is 0 Å². The lowest BCUT2D eigenvalue weighted by Gasteiger charge is -2.34. The summed E-state index contributed by atoms with van der Waals surface area (Å²) in [6, 6.07) is 7.44. The number of hydrogen-bond donors (Lipinski definition) is 2. The Balaban J connectivity index is 1.59. The number of pyridine rings is 1. The Labute approximate surface area is 198 Å². The number of aliphatic hydroxyl groups is 1. The zero-order chi connectivity index (χ0) is 24.0. The topological polar surface area (TPSA) is 126 Å². The minimum absolute atomic E-state index is 0.00318. The quantitative estimate of drug-likeness (QED) is 0.403. The third kappa shape index (κ3) is 2.74. The van der Waals surface area contributed by atoms with E-state index in [1.807, 2.05) is 24.3 Å². The third-order valence-electron chi connectivity index (χ3n) is 7.50. The van der Waals surface area contributed by atoms with Crippen LogP contribution in [-0.4, -0.2) is 23.7 Å². The summed E-state index contributed by atoms with van der Waals surface area (Å²) in [4.78, 5) is 26.4. The highest BCUT2D eigenvalue weighted by atomic mass is 16.7. The van der Waals surface area contributed by atoms with Gasteiger partial charge in [0.1, 0.15) is 28.6 Å². The first kappa shape index (κ1) is 20.7. The fourth-order valence-corrected chi connectivity index (χ4v) is 5.81. The van der Waals surface area contributed by atoms with Gasteiger partial charge >= 0.3 is 0 Å². The number of nitrogen functional groups attached to an aromatic ring is 1. The molecule has 2 aromatic heterocycles. The number of nitrogens with zero attached hydrogens (tertiary/aromatic N) is 1. The summed E-state index contributed by atoms with van der Waals surface area (Å²) in [5.41, 5.74) is 3.34. The minimum atomic E-state index is -0.929. The van der Waals surface area contributed by atoms with Crippen LogP contribution in [0.1, 0.15) is 53.6 Å². The maximum Gasteiger partial charge on any atom is 0.276 e. The van der Waals surface area contributed by atoms with Crippen molar-refractivity contribution in [3.05, 3.63) is 73.5 Å². The molecule has 2 aliphatic carbocycles. The van der Waals surface area contributed by atoms with E-state index in [4.69, 9.17) is 24.5 Å². The molecule has 3 atom stereocenters. The predicted molar refractivity (Wildman–Crippen MR) is 127 cm³/mol. The number of ether oxygens (including phenoxy) is 3. The Morgan fingerprint density at radius 3 is 2.83 bits per heavy atom. The lowest BCUT2D eigenvalue weighted by Crippen LogP contribution is -2.28. The largest absolute Gasteiger partial charge is 0.466 e. The zero-order valence-corrected chi connectivity index (χ0v) is 18.9. The van der Waals surface area contributed by atoms with Gasteiger partial charge in [-0.05, 0) is 53.1 Å². The standard InChI is InChI=1S/C26H22N2O7/c1-32-17-3-2-16(29)21-23(30)22-19(35-24(17)21)9-15-13-8-14-11(4-5-28(27)26(14)31)6-12(13)7-18-20(15)25(22)34-10-33-18/h4-6,8-9,16-18,29H,2-3,7,10,27H2,1H3. The van der Waals surface area contributed by atoms with Crippen molar-refractivity contribution in [1.29, 1.82) is 0 Å². The molecule has 0 saturated carbocycles. The molecule has 0 spiro atoms. The van der Waals surface area contributed by atoms with Crippen molar-refractivity contribution in [2.45, 2.75) is 37.6 Å². The molecule has 1 aliphatic heterocycles. The number of hydrogen-bond acceptors (Lipinski definition) is 8. The van der Waals surface area contributed by atoms with Crippen LogP contribution in [0.5, 0.6) is 5.75 Å². The van der Waals surface area contributed by atoms with Crippen LogP contribution in [0.15, 0.2) is 44.5 Å². The molecular formula is C26H22N2O7. The van der Waals surface area contributed by atoms with Gasteiger partial charge in [-0.25, -0.2) is 4.68 Å². The molecule has 0 saturated heterocycles. The summed E-state index contributed by atoms with van der Waals surface area (Å²) in [5.74, 6) is 6.57. The van der Waals surface area contributed by atoms with E-state index < -0.39 is 12.2 Å². The fraction of sp³-hybridized carbons (Fsp3) is 0.308. The van der Waals surface area contributed by atoms with Gasteiger partial charge in [0.2, 0.25) is 5.43 Å². The molecule has 0 bridgehead atoms. The Kier molecular flexibility index (Phi) is 4.24. The highest BCUT2D eigenvalue weighted by Crippen LogP contribution is 2.50. The van der Waals surface area contributed by atoms with E-state index in [1.165, 1.54) is 0 Å².